The largest absolute Gasteiger partial charge is 0.273 e. The Hall–Kier alpha value is -1.43. The molecule has 0 spiro atoms. The molecule has 2 aromatic rings. The molecule has 0 aliphatic heterocycles. The van der Waals surface area contributed by atoms with Gasteiger partial charge in [-0.3, -0.25) is 4.79 Å². The fraction of sp³-hybridized carbons (Fsp3) is 0.214. The fourth-order valence-corrected chi connectivity index (χ4v) is 2.54. The number of amides is 1. The van der Waals surface area contributed by atoms with Gasteiger partial charge < -0.3 is 0 Å². The van der Waals surface area contributed by atoms with Crippen molar-refractivity contribution in [2.75, 3.05) is 0 Å². The molecule has 4 nitrogen and oxygen atoms in total. The van der Waals surface area contributed by atoms with E-state index in [1.807, 2.05) is 12.3 Å². The van der Waals surface area contributed by atoms with Crippen molar-refractivity contribution >= 4 is 46.2 Å². The molecule has 1 aromatic carbocycles. The van der Waals surface area contributed by atoms with Crippen LogP contribution in [0.2, 0.25) is 10.0 Å². The zero-order valence-corrected chi connectivity index (χ0v) is 13.8. The average molecular weight is 342 g/mol. The number of hydrazone groups is 1. The van der Waals surface area contributed by atoms with E-state index in [0.717, 1.165) is 16.3 Å². The van der Waals surface area contributed by atoms with Gasteiger partial charge in [0.15, 0.2) is 0 Å². The van der Waals surface area contributed by atoms with Crippen molar-refractivity contribution in [2.24, 2.45) is 5.10 Å². The van der Waals surface area contributed by atoms with Crippen molar-refractivity contribution in [3.63, 3.8) is 0 Å². The maximum absolute atomic E-state index is 11.8. The Morgan fingerprint density at radius 3 is 2.76 bits per heavy atom. The quantitative estimate of drug-likeness (QED) is 0.678. The third kappa shape index (κ3) is 4.52. The molecule has 0 bridgehead atoms. The lowest BCUT2D eigenvalue weighted by atomic mass is 10.1. The van der Waals surface area contributed by atoms with Gasteiger partial charge in [-0.25, -0.2) is 10.4 Å². The van der Waals surface area contributed by atoms with Crippen LogP contribution in [-0.4, -0.2) is 16.6 Å². The van der Waals surface area contributed by atoms with E-state index in [-0.39, 0.29) is 12.3 Å². The predicted molar refractivity (Wildman–Crippen MR) is 87.4 cm³/mol. The zero-order valence-electron chi connectivity index (χ0n) is 11.5. The summed E-state index contributed by atoms with van der Waals surface area (Å²) in [7, 11) is 0. The van der Waals surface area contributed by atoms with E-state index in [0.29, 0.717) is 15.8 Å². The molecule has 0 aliphatic carbocycles. The predicted octanol–water partition coefficient (Wildman–Crippen LogP) is 3.84. The molecular weight excluding hydrogens is 329 g/mol. The lowest BCUT2D eigenvalue weighted by Crippen LogP contribution is -2.21. The van der Waals surface area contributed by atoms with Crippen LogP contribution in [0.1, 0.15) is 23.2 Å². The molecule has 0 atom stereocenters. The number of carbonyl (C=O) groups is 1. The fourth-order valence-electron chi connectivity index (χ4n) is 1.63. The van der Waals surface area contributed by atoms with E-state index in [4.69, 9.17) is 23.2 Å². The highest BCUT2D eigenvalue weighted by atomic mass is 35.5. The van der Waals surface area contributed by atoms with Crippen molar-refractivity contribution in [1.82, 2.24) is 10.4 Å². The lowest BCUT2D eigenvalue weighted by molar-refractivity contribution is -0.120. The highest BCUT2D eigenvalue weighted by molar-refractivity contribution is 7.09. The van der Waals surface area contributed by atoms with Crippen LogP contribution >= 0.6 is 34.5 Å². The number of hydrogen-bond acceptors (Lipinski definition) is 4. The Bertz CT molecular complexity index is 697. The summed E-state index contributed by atoms with van der Waals surface area (Å²) in [5.41, 5.74) is 4.71. The van der Waals surface area contributed by atoms with Crippen molar-refractivity contribution < 1.29 is 4.79 Å². The second-order valence-corrected chi connectivity index (χ2v) is 6.27. The highest BCUT2D eigenvalue weighted by Crippen LogP contribution is 2.22. The zero-order chi connectivity index (χ0) is 15.4. The first-order chi connectivity index (χ1) is 9.95. The first-order valence-electron chi connectivity index (χ1n) is 6.15. The van der Waals surface area contributed by atoms with Crippen molar-refractivity contribution in [2.45, 2.75) is 20.3 Å². The number of aromatic nitrogens is 1. The molecule has 110 valence electrons. The number of benzene rings is 1. The summed E-state index contributed by atoms with van der Waals surface area (Å²) in [5, 5.41) is 7.80. The number of nitrogens with zero attached hydrogens (tertiary/aromatic N) is 2. The Balaban J connectivity index is 1.99. The summed E-state index contributed by atoms with van der Waals surface area (Å²) in [5.74, 6) is -0.209. The minimum atomic E-state index is -0.209. The van der Waals surface area contributed by atoms with Gasteiger partial charge in [-0.05, 0) is 31.5 Å². The van der Waals surface area contributed by atoms with Crippen LogP contribution in [0, 0.1) is 6.92 Å². The molecule has 1 heterocycles. The van der Waals surface area contributed by atoms with Gasteiger partial charge in [0.1, 0.15) is 0 Å². The van der Waals surface area contributed by atoms with E-state index >= 15 is 0 Å². The molecular formula is C14H13Cl2N3OS. The number of carbonyl (C=O) groups excluding carboxylic acids is 1. The molecule has 0 saturated carbocycles. The first-order valence-corrected chi connectivity index (χ1v) is 7.79. The van der Waals surface area contributed by atoms with E-state index in [1.165, 1.54) is 11.3 Å². The van der Waals surface area contributed by atoms with Gasteiger partial charge >= 0.3 is 0 Å². The maximum Gasteiger partial charge on any atom is 0.246 e. The van der Waals surface area contributed by atoms with Gasteiger partial charge in [-0.2, -0.15) is 5.10 Å². The third-order valence-corrected chi connectivity index (χ3v) is 4.26. The van der Waals surface area contributed by atoms with Crippen molar-refractivity contribution in [3.8, 4) is 0 Å². The number of nitrogens with one attached hydrogen (secondary N) is 1. The van der Waals surface area contributed by atoms with Crippen molar-refractivity contribution in [3.05, 3.63) is 49.9 Å². The minimum Gasteiger partial charge on any atom is -0.273 e. The summed E-state index contributed by atoms with van der Waals surface area (Å²) in [4.78, 5) is 16.0. The van der Waals surface area contributed by atoms with Crippen LogP contribution < -0.4 is 5.43 Å². The second kappa shape index (κ2) is 7.02. The molecule has 1 amide bonds. The standard InChI is InChI=1S/C14H13Cl2N3OS/c1-8(10-3-4-12(15)13(16)5-10)18-19-14(20)6-11-7-21-9(2)17-11/h3-5,7H,6H2,1-2H3,(H,19,20)/b18-8-. The second-order valence-electron chi connectivity index (χ2n) is 4.40. The molecule has 0 radical (unpaired) electrons. The van der Waals surface area contributed by atoms with E-state index in [1.54, 1.807) is 25.1 Å². The summed E-state index contributed by atoms with van der Waals surface area (Å²) in [6.07, 6.45) is 0.211. The molecule has 1 N–H and O–H groups in total. The van der Waals surface area contributed by atoms with E-state index in [2.05, 4.69) is 15.5 Å². The number of thiazole rings is 1. The van der Waals surface area contributed by atoms with Crippen LogP contribution in [0.15, 0.2) is 28.7 Å². The minimum absolute atomic E-state index is 0.209. The summed E-state index contributed by atoms with van der Waals surface area (Å²) in [6, 6.07) is 5.19. The molecule has 0 fully saturated rings. The Morgan fingerprint density at radius 2 is 2.14 bits per heavy atom. The van der Waals surface area contributed by atoms with Crippen LogP contribution in [0.3, 0.4) is 0 Å². The molecule has 1 aromatic heterocycles. The maximum atomic E-state index is 11.8. The molecule has 2 rings (SSSR count). The molecule has 0 saturated heterocycles. The summed E-state index contributed by atoms with van der Waals surface area (Å²) < 4.78 is 0. The lowest BCUT2D eigenvalue weighted by Gasteiger charge is -2.04. The summed E-state index contributed by atoms with van der Waals surface area (Å²) in [6.45, 7) is 3.69. The van der Waals surface area contributed by atoms with Gasteiger partial charge in [0.25, 0.3) is 0 Å². The summed E-state index contributed by atoms with van der Waals surface area (Å²) >= 11 is 13.3. The van der Waals surface area contributed by atoms with E-state index < -0.39 is 0 Å². The first kappa shape index (κ1) is 15.9. The number of rotatable bonds is 4. The highest BCUT2D eigenvalue weighted by Gasteiger charge is 2.07. The average Bonchev–Trinajstić information content (AvgIpc) is 2.84. The number of halogens is 2. The van der Waals surface area contributed by atoms with Crippen molar-refractivity contribution in [1.29, 1.82) is 0 Å². The Kier molecular flexibility index (Phi) is 5.33. The normalized spacial score (nSPS) is 11.5. The smallest absolute Gasteiger partial charge is 0.246 e. The molecule has 21 heavy (non-hydrogen) atoms. The SMILES string of the molecule is C/C(=N/NC(=O)Cc1csc(C)n1)c1ccc(Cl)c(Cl)c1. The monoisotopic (exact) mass is 341 g/mol. The van der Waals surface area contributed by atoms with Gasteiger partial charge in [-0.15, -0.1) is 11.3 Å². The van der Waals surface area contributed by atoms with Gasteiger partial charge in [0.2, 0.25) is 5.91 Å². The van der Waals surface area contributed by atoms with Crippen LogP contribution in [-0.2, 0) is 11.2 Å². The molecule has 0 unspecified atom stereocenters. The third-order valence-electron chi connectivity index (χ3n) is 2.69. The van der Waals surface area contributed by atoms with E-state index in [9.17, 15) is 4.79 Å². The Morgan fingerprint density at radius 1 is 1.38 bits per heavy atom. The van der Waals surface area contributed by atoms with Gasteiger partial charge in [0.05, 0.1) is 32.9 Å². The van der Waals surface area contributed by atoms with Crippen LogP contribution in [0.4, 0.5) is 0 Å². The van der Waals surface area contributed by atoms with Crippen LogP contribution in [0.25, 0.3) is 0 Å². The molecule has 7 heteroatoms. The van der Waals surface area contributed by atoms with Gasteiger partial charge in [-0.1, -0.05) is 29.3 Å². The Labute approximate surface area is 136 Å². The number of hydrogen-bond donors (Lipinski definition) is 1. The van der Waals surface area contributed by atoms with Gasteiger partial charge in [0, 0.05) is 5.38 Å². The number of aryl methyl sites for hydroxylation is 1. The molecule has 0 aliphatic rings. The van der Waals surface area contributed by atoms with Crippen LogP contribution in [0.5, 0.6) is 0 Å². The topological polar surface area (TPSA) is 54.4 Å².